The molecule has 7 heteroatoms. The van der Waals surface area contributed by atoms with Crippen LogP contribution in [0.4, 0.5) is 4.39 Å². The number of aromatic nitrogens is 4. The molecule has 0 aliphatic heterocycles. The van der Waals surface area contributed by atoms with Crippen LogP contribution in [0.3, 0.4) is 0 Å². The third kappa shape index (κ3) is 1.77. The van der Waals surface area contributed by atoms with Gasteiger partial charge < -0.3 is 5.11 Å². The van der Waals surface area contributed by atoms with Gasteiger partial charge in [-0.1, -0.05) is 0 Å². The molecule has 3 rings (SSSR count). The summed E-state index contributed by atoms with van der Waals surface area (Å²) in [5, 5.41) is 20.7. The van der Waals surface area contributed by atoms with Crippen molar-refractivity contribution in [3.8, 4) is 11.4 Å². The molecule has 0 saturated heterocycles. The SMILES string of the molecule is Cc1cc(F)cc(-c2nnnn2C2(C(=O)O)CCC2)c1. The zero-order valence-electron chi connectivity index (χ0n) is 10.9. The lowest BCUT2D eigenvalue weighted by Gasteiger charge is -2.37. The van der Waals surface area contributed by atoms with Crippen LogP contribution >= 0.6 is 0 Å². The van der Waals surface area contributed by atoms with Crippen LogP contribution < -0.4 is 0 Å². The first-order valence-corrected chi connectivity index (χ1v) is 6.33. The van der Waals surface area contributed by atoms with Crippen LogP contribution in [-0.2, 0) is 10.3 Å². The molecule has 0 amide bonds. The highest BCUT2D eigenvalue weighted by Gasteiger charge is 2.49. The van der Waals surface area contributed by atoms with Gasteiger partial charge in [0.2, 0.25) is 0 Å². The number of tetrazole rings is 1. The minimum atomic E-state index is -1.10. The van der Waals surface area contributed by atoms with Gasteiger partial charge in [-0.05, 0) is 60.4 Å². The molecule has 104 valence electrons. The molecule has 0 unspecified atom stereocenters. The monoisotopic (exact) mass is 276 g/mol. The summed E-state index contributed by atoms with van der Waals surface area (Å²) in [5.74, 6) is -1.06. The number of carboxylic acids is 1. The number of hydrogen-bond acceptors (Lipinski definition) is 4. The van der Waals surface area contributed by atoms with Crippen molar-refractivity contribution >= 4 is 5.97 Å². The second-order valence-corrected chi connectivity index (χ2v) is 5.12. The smallest absolute Gasteiger partial charge is 0.331 e. The number of halogens is 1. The molecule has 0 bridgehead atoms. The molecule has 20 heavy (non-hydrogen) atoms. The van der Waals surface area contributed by atoms with E-state index in [2.05, 4.69) is 15.5 Å². The van der Waals surface area contributed by atoms with Crippen LogP contribution in [0.15, 0.2) is 18.2 Å². The van der Waals surface area contributed by atoms with Crippen LogP contribution in [-0.4, -0.2) is 31.3 Å². The second kappa shape index (κ2) is 4.36. The molecule has 1 aliphatic rings. The van der Waals surface area contributed by atoms with Gasteiger partial charge in [0.05, 0.1) is 0 Å². The molecule has 0 spiro atoms. The van der Waals surface area contributed by atoms with Crippen LogP contribution in [0.5, 0.6) is 0 Å². The first-order chi connectivity index (χ1) is 9.53. The van der Waals surface area contributed by atoms with E-state index in [-0.39, 0.29) is 5.82 Å². The molecule has 1 N–H and O–H groups in total. The van der Waals surface area contributed by atoms with Crippen molar-refractivity contribution in [3.63, 3.8) is 0 Å². The molecule has 1 heterocycles. The van der Waals surface area contributed by atoms with E-state index in [0.29, 0.717) is 18.4 Å². The van der Waals surface area contributed by atoms with E-state index in [9.17, 15) is 14.3 Å². The fourth-order valence-electron chi connectivity index (χ4n) is 2.55. The molecule has 1 aromatic carbocycles. The maximum Gasteiger partial charge on any atom is 0.331 e. The van der Waals surface area contributed by atoms with Gasteiger partial charge in [0.15, 0.2) is 11.4 Å². The molecule has 1 fully saturated rings. The summed E-state index contributed by atoms with van der Waals surface area (Å²) in [6.07, 6.45) is 1.77. The lowest BCUT2D eigenvalue weighted by Crippen LogP contribution is -2.48. The minimum Gasteiger partial charge on any atom is -0.479 e. The highest BCUT2D eigenvalue weighted by Crippen LogP contribution is 2.40. The third-order valence-corrected chi connectivity index (χ3v) is 3.75. The Balaban J connectivity index is 2.13. The summed E-state index contributed by atoms with van der Waals surface area (Å²) in [7, 11) is 0. The predicted octanol–water partition coefficient (Wildman–Crippen LogP) is 1.75. The van der Waals surface area contributed by atoms with Gasteiger partial charge in [-0.3, -0.25) is 0 Å². The number of benzene rings is 1. The fraction of sp³-hybridized carbons (Fsp3) is 0.385. The standard InChI is InChI=1S/C13H13FN4O2/c1-8-5-9(7-10(14)6-8)11-15-16-17-18(11)13(12(19)20)3-2-4-13/h5-7H,2-4H2,1H3,(H,19,20). The van der Waals surface area contributed by atoms with Crippen molar-refractivity contribution in [1.82, 2.24) is 20.2 Å². The van der Waals surface area contributed by atoms with Crippen molar-refractivity contribution in [1.29, 1.82) is 0 Å². The molecule has 1 aliphatic carbocycles. The first kappa shape index (κ1) is 12.7. The van der Waals surface area contributed by atoms with Gasteiger partial charge in [0.1, 0.15) is 5.82 Å². The molecular formula is C13H13FN4O2. The Morgan fingerprint density at radius 2 is 2.15 bits per heavy atom. The lowest BCUT2D eigenvalue weighted by molar-refractivity contribution is -0.153. The Kier molecular flexibility index (Phi) is 2.77. The van der Waals surface area contributed by atoms with Crippen molar-refractivity contribution in [3.05, 3.63) is 29.6 Å². The van der Waals surface area contributed by atoms with Crippen LogP contribution in [0.1, 0.15) is 24.8 Å². The molecule has 6 nitrogen and oxygen atoms in total. The average molecular weight is 276 g/mol. The fourth-order valence-corrected chi connectivity index (χ4v) is 2.55. The number of carboxylic acid groups (broad SMARTS) is 1. The number of aliphatic carboxylic acids is 1. The van der Waals surface area contributed by atoms with Crippen LogP contribution in [0.2, 0.25) is 0 Å². The molecule has 2 aromatic rings. The number of aryl methyl sites for hydroxylation is 1. The molecule has 1 aromatic heterocycles. The van der Waals surface area contributed by atoms with E-state index >= 15 is 0 Å². The van der Waals surface area contributed by atoms with E-state index in [0.717, 1.165) is 12.0 Å². The van der Waals surface area contributed by atoms with E-state index < -0.39 is 17.3 Å². The Morgan fingerprint density at radius 1 is 1.40 bits per heavy atom. The van der Waals surface area contributed by atoms with Gasteiger partial charge in [-0.2, -0.15) is 0 Å². The average Bonchev–Trinajstić information content (AvgIpc) is 2.74. The normalized spacial score (nSPS) is 16.7. The van der Waals surface area contributed by atoms with Crippen molar-refractivity contribution in [2.75, 3.05) is 0 Å². The van der Waals surface area contributed by atoms with Crippen LogP contribution in [0, 0.1) is 12.7 Å². The minimum absolute atomic E-state index is 0.287. The number of nitrogens with zero attached hydrogens (tertiary/aromatic N) is 4. The Morgan fingerprint density at radius 3 is 2.70 bits per heavy atom. The largest absolute Gasteiger partial charge is 0.479 e. The summed E-state index contributed by atoms with van der Waals surface area (Å²) < 4.78 is 14.8. The summed E-state index contributed by atoms with van der Waals surface area (Å²) in [6.45, 7) is 1.76. The molecule has 1 saturated carbocycles. The Hall–Kier alpha value is -2.31. The summed E-state index contributed by atoms with van der Waals surface area (Å²) in [4.78, 5) is 11.5. The first-order valence-electron chi connectivity index (χ1n) is 6.33. The van der Waals surface area contributed by atoms with Crippen molar-refractivity contribution in [2.45, 2.75) is 31.7 Å². The number of carbonyl (C=O) groups is 1. The highest BCUT2D eigenvalue weighted by molar-refractivity contribution is 5.78. The third-order valence-electron chi connectivity index (χ3n) is 3.75. The number of rotatable bonds is 3. The molecule has 0 radical (unpaired) electrons. The Bertz CT molecular complexity index is 659. The van der Waals surface area contributed by atoms with Gasteiger partial charge in [0.25, 0.3) is 0 Å². The van der Waals surface area contributed by atoms with Gasteiger partial charge >= 0.3 is 5.97 Å². The van der Waals surface area contributed by atoms with Crippen molar-refractivity contribution < 1.29 is 14.3 Å². The van der Waals surface area contributed by atoms with Gasteiger partial charge in [-0.15, -0.1) is 5.10 Å². The quantitative estimate of drug-likeness (QED) is 0.923. The maximum absolute atomic E-state index is 13.5. The summed E-state index contributed by atoms with van der Waals surface area (Å²) in [6, 6.07) is 4.44. The lowest BCUT2D eigenvalue weighted by atomic mass is 9.76. The van der Waals surface area contributed by atoms with E-state index in [1.165, 1.54) is 16.8 Å². The number of hydrogen-bond donors (Lipinski definition) is 1. The zero-order chi connectivity index (χ0) is 14.3. The summed E-state index contributed by atoms with van der Waals surface area (Å²) in [5.41, 5.74) is 0.117. The van der Waals surface area contributed by atoms with E-state index in [1.54, 1.807) is 13.0 Å². The Labute approximate surface area is 114 Å². The zero-order valence-corrected chi connectivity index (χ0v) is 10.9. The van der Waals surface area contributed by atoms with Crippen LogP contribution in [0.25, 0.3) is 11.4 Å². The summed E-state index contributed by atoms with van der Waals surface area (Å²) >= 11 is 0. The van der Waals surface area contributed by atoms with Gasteiger partial charge in [-0.25, -0.2) is 13.9 Å². The van der Waals surface area contributed by atoms with Gasteiger partial charge in [0, 0.05) is 5.56 Å². The topological polar surface area (TPSA) is 80.9 Å². The van der Waals surface area contributed by atoms with E-state index in [1.807, 2.05) is 0 Å². The van der Waals surface area contributed by atoms with Crippen molar-refractivity contribution in [2.24, 2.45) is 0 Å². The molecular weight excluding hydrogens is 263 g/mol. The highest BCUT2D eigenvalue weighted by atomic mass is 19.1. The second-order valence-electron chi connectivity index (χ2n) is 5.12. The molecule has 0 atom stereocenters. The maximum atomic E-state index is 13.5. The van der Waals surface area contributed by atoms with E-state index in [4.69, 9.17) is 0 Å². The predicted molar refractivity (Wildman–Crippen MR) is 67.4 cm³/mol.